The molecular formula is C29H44N2O2. The van der Waals surface area contributed by atoms with E-state index in [2.05, 4.69) is 41.5 Å². The Labute approximate surface area is 200 Å². The molecule has 0 aliphatic heterocycles. The lowest BCUT2D eigenvalue weighted by Crippen LogP contribution is -2.39. The molecule has 0 fully saturated rings. The number of para-hydroxylation sites is 1. The topological polar surface area (TPSA) is 65.1 Å². The Morgan fingerprint density at radius 3 is 2.33 bits per heavy atom. The lowest BCUT2D eigenvalue weighted by molar-refractivity contribution is -0.139. The van der Waals surface area contributed by atoms with Crippen molar-refractivity contribution in [1.82, 2.24) is 10.3 Å². The van der Waals surface area contributed by atoms with Crippen LogP contribution < -0.4 is 5.32 Å². The van der Waals surface area contributed by atoms with Gasteiger partial charge in [0, 0.05) is 23.5 Å². The van der Waals surface area contributed by atoms with Crippen molar-refractivity contribution in [3.63, 3.8) is 0 Å². The quantitative estimate of drug-likeness (QED) is 0.152. The first-order chi connectivity index (χ1) is 16.2. The fraction of sp³-hybridized carbons (Fsp3) is 0.552. The summed E-state index contributed by atoms with van der Waals surface area (Å²) < 4.78 is 0. The van der Waals surface area contributed by atoms with Crippen LogP contribution in [-0.2, 0) is 11.2 Å². The molecule has 1 aromatic carbocycles. The highest BCUT2D eigenvalue weighted by Crippen LogP contribution is 2.19. The Morgan fingerprint density at radius 2 is 1.61 bits per heavy atom. The largest absolute Gasteiger partial charge is 0.480 e. The SMILES string of the molecule is CCCCCC=CCC=CCCCCCCCCNC(Cc1c[nH]c2ccccc12)C(=O)O. The van der Waals surface area contributed by atoms with Crippen molar-refractivity contribution in [2.45, 2.75) is 96.4 Å². The first-order valence-corrected chi connectivity index (χ1v) is 13.0. The van der Waals surface area contributed by atoms with Crippen LogP contribution >= 0.6 is 0 Å². The van der Waals surface area contributed by atoms with Crippen molar-refractivity contribution in [2.24, 2.45) is 0 Å². The summed E-state index contributed by atoms with van der Waals surface area (Å²) in [5, 5.41) is 14.0. The number of aromatic nitrogens is 1. The van der Waals surface area contributed by atoms with Crippen molar-refractivity contribution in [1.29, 1.82) is 0 Å². The molecule has 2 rings (SSSR count). The second-order valence-electron chi connectivity index (χ2n) is 8.99. The molecule has 33 heavy (non-hydrogen) atoms. The summed E-state index contributed by atoms with van der Waals surface area (Å²) in [5.74, 6) is -0.777. The number of H-pyrrole nitrogens is 1. The number of unbranched alkanes of at least 4 members (excludes halogenated alkanes) is 9. The van der Waals surface area contributed by atoms with E-state index in [9.17, 15) is 9.90 Å². The van der Waals surface area contributed by atoms with Crippen LogP contribution in [0.2, 0.25) is 0 Å². The van der Waals surface area contributed by atoms with Crippen molar-refractivity contribution in [3.05, 3.63) is 60.3 Å². The number of hydrogen-bond donors (Lipinski definition) is 3. The van der Waals surface area contributed by atoms with E-state index < -0.39 is 12.0 Å². The minimum atomic E-state index is -0.777. The van der Waals surface area contributed by atoms with E-state index >= 15 is 0 Å². The van der Waals surface area contributed by atoms with E-state index in [0.29, 0.717) is 6.42 Å². The first kappa shape index (κ1) is 26.9. The zero-order valence-electron chi connectivity index (χ0n) is 20.5. The number of aromatic amines is 1. The van der Waals surface area contributed by atoms with Gasteiger partial charge >= 0.3 is 5.97 Å². The molecule has 0 bridgehead atoms. The summed E-state index contributed by atoms with van der Waals surface area (Å²) in [6, 6.07) is 7.50. The summed E-state index contributed by atoms with van der Waals surface area (Å²) in [6.07, 6.45) is 26.3. The van der Waals surface area contributed by atoms with Gasteiger partial charge < -0.3 is 15.4 Å². The maximum atomic E-state index is 11.7. The smallest absolute Gasteiger partial charge is 0.321 e. The predicted molar refractivity (Wildman–Crippen MR) is 141 cm³/mol. The number of nitrogens with one attached hydrogen (secondary N) is 2. The minimum Gasteiger partial charge on any atom is -0.480 e. The number of fused-ring (bicyclic) bond motifs is 1. The number of carbonyl (C=O) groups is 1. The molecule has 0 aliphatic carbocycles. The molecule has 0 spiro atoms. The summed E-state index contributed by atoms with van der Waals surface area (Å²) in [4.78, 5) is 14.9. The number of carboxylic acids is 1. The molecule has 1 unspecified atom stereocenters. The molecule has 0 amide bonds. The summed E-state index contributed by atoms with van der Waals surface area (Å²) in [7, 11) is 0. The number of aliphatic carboxylic acids is 1. The van der Waals surface area contributed by atoms with Gasteiger partial charge in [-0.25, -0.2) is 0 Å². The number of hydrogen-bond acceptors (Lipinski definition) is 2. The Hall–Kier alpha value is -2.33. The molecule has 182 valence electrons. The molecule has 1 aromatic heterocycles. The van der Waals surface area contributed by atoms with E-state index in [4.69, 9.17) is 0 Å². The summed E-state index contributed by atoms with van der Waals surface area (Å²) >= 11 is 0. The van der Waals surface area contributed by atoms with Crippen molar-refractivity contribution < 1.29 is 9.90 Å². The molecule has 2 aromatic rings. The normalized spacial score (nSPS) is 12.9. The zero-order valence-corrected chi connectivity index (χ0v) is 20.5. The third-order valence-corrected chi connectivity index (χ3v) is 6.17. The lowest BCUT2D eigenvalue weighted by Gasteiger charge is -2.14. The van der Waals surface area contributed by atoms with Crippen LogP contribution in [0.5, 0.6) is 0 Å². The van der Waals surface area contributed by atoms with Crippen LogP contribution in [0.15, 0.2) is 54.8 Å². The van der Waals surface area contributed by atoms with Crippen molar-refractivity contribution in [2.75, 3.05) is 6.54 Å². The van der Waals surface area contributed by atoms with Gasteiger partial charge in [0.05, 0.1) is 0 Å². The van der Waals surface area contributed by atoms with E-state index in [1.807, 2.05) is 30.5 Å². The van der Waals surface area contributed by atoms with E-state index in [1.54, 1.807) is 0 Å². The molecule has 4 heteroatoms. The van der Waals surface area contributed by atoms with Crippen LogP contribution in [0.3, 0.4) is 0 Å². The van der Waals surface area contributed by atoms with Gasteiger partial charge in [-0.2, -0.15) is 0 Å². The first-order valence-electron chi connectivity index (χ1n) is 13.0. The van der Waals surface area contributed by atoms with Gasteiger partial charge in [0.1, 0.15) is 6.04 Å². The van der Waals surface area contributed by atoms with Gasteiger partial charge in [-0.1, -0.05) is 88.0 Å². The van der Waals surface area contributed by atoms with Crippen molar-refractivity contribution in [3.8, 4) is 0 Å². The molecule has 3 N–H and O–H groups in total. The van der Waals surface area contributed by atoms with E-state index in [0.717, 1.165) is 42.3 Å². The van der Waals surface area contributed by atoms with Crippen LogP contribution in [0.1, 0.15) is 89.5 Å². The average molecular weight is 453 g/mol. The highest BCUT2D eigenvalue weighted by molar-refractivity contribution is 5.84. The monoisotopic (exact) mass is 452 g/mol. The number of allylic oxidation sites excluding steroid dienone is 4. The Bertz CT molecular complexity index is 837. The van der Waals surface area contributed by atoms with E-state index in [-0.39, 0.29) is 0 Å². The van der Waals surface area contributed by atoms with Crippen molar-refractivity contribution >= 4 is 16.9 Å². The van der Waals surface area contributed by atoms with Gasteiger partial charge in [-0.05, 0) is 56.7 Å². The average Bonchev–Trinajstić information content (AvgIpc) is 3.23. The Kier molecular flexibility index (Phi) is 14.0. The fourth-order valence-corrected chi connectivity index (χ4v) is 4.16. The minimum absolute atomic E-state index is 0.502. The van der Waals surface area contributed by atoms with Crippen LogP contribution in [0, 0.1) is 0 Å². The highest BCUT2D eigenvalue weighted by atomic mass is 16.4. The third-order valence-electron chi connectivity index (χ3n) is 6.17. The van der Waals surface area contributed by atoms with Crippen LogP contribution in [-0.4, -0.2) is 28.6 Å². The van der Waals surface area contributed by atoms with Gasteiger partial charge in [-0.3, -0.25) is 4.79 Å². The molecule has 0 saturated carbocycles. The molecule has 0 saturated heterocycles. The standard InChI is InChI=1S/C29H44N2O2/c1-2-3-4-5-6-7-8-9-10-11-12-13-14-15-16-19-22-30-28(29(32)33)23-25-24-31-27-21-18-17-20-26(25)27/h6-7,9-10,17-18,20-21,24,28,30-31H,2-5,8,11-16,19,22-23H2,1H3,(H,32,33). The third kappa shape index (κ3) is 11.4. The maximum Gasteiger partial charge on any atom is 0.321 e. The molecule has 1 heterocycles. The fourth-order valence-electron chi connectivity index (χ4n) is 4.16. The van der Waals surface area contributed by atoms with Gasteiger partial charge in [-0.15, -0.1) is 0 Å². The molecule has 0 aliphatic rings. The highest BCUT2D eigenvalue weighted by Gasteiger charge is 2.18. The molecule has 1 atom stereocenters. The second-order valence-corrected chi connectivity index (χ2v) is 8.99. The Morgan fingerprint density at radius 1 is 0.939 bits per heavy atom. The number of benzene rings is 1. The van der Waals surface area contributed by atoms with Gasteiger partial charge in [0.25, 0.3) is 0 Å². The van der Waals surface area contributed by atoms with Crippen LogP contribution in [0.25, 0.3) is 10.9 Å². The maximum absolute atomic E-state index is 11.7. The number of rotatable bonds is 19. The molecule has 4 nitrogen and oxygen atoms in total. The predicted octanol–water partition coefficient (Wildman–Crippen LogP) is 7.57. The van der Waals surface area contributed by atoms with Gasteiger partial charge in [0.15, 0.2) is 0 Å². The lowest BCUT2D eigenvalue weighted by atomic mass is 10.0. The van der Waals surface area contributed by atoms with E-state index in [1.165, 1.54) is 57.8 Å². The number of carboxylic acid groups (broad SMARTS) is 1. The summed E-state index contributed by atoms with van der Waals surface area (Å²) in [5.41, 5.74) is 2.12. The molecule has 0 radical (unpaired) electrons. The second kappa shape index (κ2) is 17.2. The molecular weight excluding hydrogens is 408 g/mol. The van der Waals surface area contributed by atoms with Crippen LogP contribution in [0.4, 0.5) is 0 Å². The summed E-state index contributed by atoms with van der Waals surface area (Å²) in [6.45, 7) is 3.00. The zero-order chi connectivity index (χ0) is 23.6. The Balaban J connectivity index is 1.47. The van der Waals surface area contributed by atoms with Gasteiger partial charge in [0.2, 0.25) is 0 Å².